The predicted octanol–water partition coefficient (Wildman–Crippen LogP) is 3.20. The third-order valence-corrected chi connectivity index (χ3v) is 6.21. The fourth-order valence-corrected chi connectivity index (χ4v) is 4.43. The maximum atomic E-state index is 12.6. The summed E-state index contributed by atoms with van der Waals surface area (Å²) in [5.41, 5.74) is 2.68. The first-order valence-electron chi connectivity index (χ1n) is 8.84. The molecule has 6 heteroatoms. The summed E-state index contributed by atoms with van der Waals surface area (Å²) in [6.45, 7) is 4.86. The zero-order valence-corrected chi connectivity index (χ0v) is 15.9. The van der Waals surface area contributed by atoms with E-state index in [0.717, 1.165) is 23.2 Å². The van der Waals surface area contributed by atoms with Crippen molar-refractivity contribution in [3.05, 3.63) is 59.7 Å². The molecule has 0 saturated carbocycles. The molecular formula is C20H24N2O3S. The summed E-state index contributed by atoms with van der Waals surface area (Å²) in [5, 5.41) is 0. The lowest BCUT2D eigenvalue weighted by molar-refractivity contribution is -0.117. The second-order valence-electron chi connectivity index (χ2n) is 6.76. The summed E-state index contributed by atoms with van der Waals surface area (Å²) in [6.07, 6.45) is 1.40. The molecule has 0 bridgehead atoms. The topological polar surface area (TPSA) is 66.5 Å². The van der Waals surface area contributed by atoms with Crippen LogP contribution in [0.2, 0.25) is 0 Å². The Kier molecular flexibility index (Phi) is 5.44. The summed E-state index contributed by atoms with van der Waals surface area (Å²) in [7, 11) is -3.59. The van der Waals surface area contributed by atoms with Gasteiger partial charge in [0.1, 0.15) is 0 Å². The van der Waals surface area contributed by atoms with Crippen molar-refractivity contribution >= 4 is 21.6 Å². The fourth-order valence-electron chi connectivity index (χ4n) is 3.22. The molecule has 0 aliphatic carbocycles. The largest absolute Gasteiger partial charge is 0.312 e. The van der Waals surface area contributed by atoms with Crippen LogP contribution in [0.25, 0.3) is 0 Å². The molecule has 1 fully saturated rings. The Morgan fingerprint density at radius 1 is 1.15 bits per heavy atom. The number of amides is 1. The molecule has 1 heterocycles. The molecule has 1 aliphatic rings. The minimum Gasteiger partial charge on any atom is -0.312 e. The van der Waals surface area contributed by atoms with Gasteiger partial charge in [0.15, 0.2) is 0 Å². The summed E-state index contributed by atoms with van der Waals surface area (Å²) in [5.74, 6) is 0.173. The zero-order valence-electron chi connectivity index (χ0n) is 15.1. The van der Waals surface area contributed by atoms with Crippen molar-refractivity contribution in [1.29, 1.82) is 0 Å². The molecule has 26 heavy (non-hydrogen) atoms. The number of nitrogens with zero attached hydrogens (tertiary/aromatic N) is 1. The molecule has 0 aromatic heterocycles. The first-order valence-corrected chi connectivity index (χ1v) is 10.3. The summed E-state index contributed by atoms with van der Waals surface area (Å²) >= 11 is 0. The average molecular weight is 372 g/mol. The van der Waals surface area contributed by atoms with Crippen LogP contribution in [-0.4, -0.2) is 27.4 Å². The number of sulfonamides is 1. The third-order valence-electron chi connectivity index (χ3n) is 4.79. The molecule has 2 aromatic carbocycles. The van der Waals surface area contributed by atoms with Gasteiger partial charge in [0.05, 0.1) is 4.90 Å². The van der Waals surface area contributed by atoms with Crippen molar-refractivity contribution < 1.29 is 13.2 Å². The highest BCUT2D eigenvalue weighted by Crippen LogP contribution is 2.27. The predicted molar refractivity (Wildman–Crippen MR) is 103 cm³/mol. The Hall–Kier alpha value is -2.18. The van der Waals surface area contributed by atoms with Gasteiger partial charge in [0.2, 0.25) is 15.9 Å². The monoisotopic (exact) mass is 372 g/mol. The van der Waals surface area contributed by atoms with E-state index >= 15 is 0 Å². The molecule has 1 aliphatic heterocycles. The highest BCUT2D eigenvalue weighted by molar-refractivity contribution is 7.89. The quantitative estimate of drug-likeness (QED) is 0.847. The average Bonchev–Trinajstić information content (AvgIpc) is 3.06. The van der Waals surface area contributed by atoms with Crippen LogP contribution in [0, 0.1) is 6.92 Å². The van der Waals surface area contributed by atoms with E-state index < -0.39 is 10.0 Å². The van der Waals surface area contributed by atoms with E-state index in [4.69, 9.17) is 0 Å². The summed E-state index contributed by atoms with van der Waals surface area (Å²) in [4.78, 5) is 13.9. The van der Waals surface area contributed by atoms with Crippen LogP contribution in [0.15, 0.2) is 53.4 Å². The Balaban J connectivity index is 1.73. The maximum Gasteiger partial charge on any atom is 0.240 e. The van der Waals surface area contributed by atoms with Gasteiger partial charge in [-0.1, -0.05) is 37.3 Å². The lowest BCUT2D eigenvalue weighted by Gasteiger charge is -2.19. The smallest absolute Gasteiger partial charge is 0.240 e. The van der Waals surface area contributed by atoms with Gasteiger partial charge < -0.3 is 4.90 Å². The molecule has 138 valence electrons. The van der Waals surface area contributed by atoms with Crippen molar-refractivity contribution in [2.45, 2.75) is 37.5 Å². The first-order chi connectivity index (χ1) is 12.4. The molecular weight excluding hydrogens is 348 g/mol. The number of aryl methyl sites for hydroxylation is 1. The summed E-state index contributed by atoms with van der Waals surface area (Å²) in [6, 6.07) is 14.8. The Labute approximate surface area is 155 Å². The van der Waals surface area contributed by atoms with E-state index in [1.807, 2.05) is 44.2 Å². The van der Waals surface area contributed by atoms with E-state index in [9.17, 15) is 13.2 Å². The molecule has 0 radical (unpaired) electrons. The van der Waals surface area contributed by atoms with Crippen LogP contribution in [0.1, 0.15) is 36.8 Å². The Morgan fingerprint density at radius 2 is 1.88 bits per heavy atom. The summed E-state index contributed by atoms with van der Waals surface area (Å²) < 4.78 is 27.9. The van der Waals surface area contributed by atoms with E-state index in [1.165, 1.54) is 0 Å². The molecule has 2 aromatic rings. The van der Waals surface area contributed by atoms with E-state index in [-0.39, 0.29) is 16.7 Å². The van der Waals surface area contributed by atoms with Crippen molar-refractivity contribution in [3.63, 3.8) is 0 Å². The van der Waals surface area contributed by atoms with E-state index in [2.05, 4.69) is 4.72 Å². The fraction of sp³-hybridized carbons (Fsp3) is 0.350. The van der Waals surface area contributed by atoms with Crippen LogP contribution >= 0.6 is 0 Å². The Morgan fingerprint density at radius 3 is 2.50 bits per heavy atom. The molecule has 5 nitrogen and oxygen atoms in total. The van der Waals surface area contributed by atoms with Gasteiger partial charge in [-0.05, 0) is 48.6 Å². The standard InChI is InChI=1S/C20H24N2O3S/c1-15-13-18(10-11-19(15)22-12-6-9-20(22)23)26(24,25)21-14-16(2)17-7-4-3-5-8-17/h3-5,7-8,10-11,13,16,21H,6,9,12,14H2,1-2H3. The number of carbonyl (C=O) groups is 1. The minimum atomic E-state index is -3.59. The number of carbonyl (C=O) groups excluding carboxylic acids is 1. The molecule has 3 rings (SSSR count). The van der Waals surface area contributed by atoms with Gasteiger partial charge in [-0.15, -0.1) is 0 Å². The second kappa shape index (κ2) is 7.60. The van der Waals surface area contributed by atoms with Gasteiger partial charge in [-0.25, -0.2) is 13.1 Å². The number of hydrogen-bond acceptors (Lipinski definition) is 3. The molecule has 0 spiro atoms. The molecule has 1 amide bonds. The molecule has 1 unspecified atom stereocenters. The van der Waals surface area contributed by atoms with Crippen molar-refractivity contribution in [1.82, 2.24) is 4.72 Å². The van der Waals surface area contributed by atoms with Gasteiger partial charge >= 0.3 is 0 Å². The first kappa shape index (κ1) is 18.6. The van der Waals surface area contributed by atoms with Gasteiger partial charge in [-0.3, -0.25) is 4.79 Å². The van der Waals surface area contributed by atoms with Gasteiger partial charge in [0, 0.05) is 25.2 Å². The van der Waals surface area contributed by atoms with Crippen LogP contribution in [0.5, 0.6) is 0 Å². The van der Waals surface area contributed by atoms with Crippen LogP contribution in [0.4, 0.5) is 5.69 Å². The Bertz CT molecular complexity index is 895. The highest BCUT2D eigenvalue weighted by atomic mass is 32.2. The number of nitrogens with one attached hydrogen (secondary N) is 1. The third kappa shape index (κ3) is 3.97. The minimum absolute atomic E-state index is 0.0774. The van der Waals surface area contributed by atoms with Gasteiger partial charge in [-0.2, -0.15) is 0 Å². The van der Waals surface area contributed by atoms with Crippen LogP contribution < -0.4 is 9.62 Å². The van der Waals surface area contributed by atoms with Crippen molar-refractivity contribution in [2.24, 2.45) is 0 Å². The van der Waals surface area contributed by atoms with Crippen LogP contribution in [0.3, 0.4) is 0 Å². The number of benzene rings is 2. The molecule has 1 atom stereocenters. The van der Waals surface area contributed by atoms with Crippen LogP contribution in [-0.2, 0) is 14.8 Å². The number of hydrogen-bond donors (Lipinski definition) is 1. The highest BCUT2D eigenvalue weighted by Gasteiger charge is 2.24. The lowest BCUT2D eigenvalue weighted by atomic mass is 10.0. The maximum absolute atomic E-state index is 12.6. The van der Waals surface area contributed by atoms with E-state index in [0.29, 0.717) is 19.5 Å². The normalized spacial score (nSPS) is 16.1. The molecule has 1 N–H and O–H groups in total. The number of anilines is 1. The molecule has 1 saturated heterocycles. The van der Waals surface area contributed by atoms with Gasteiger partial charge in [0.25, 0.3) is 0 Å². The SMILES string of the molecule is Cc1cc(S(=O)(=O)NCC(C)c2ccccc2)ccc1N1CCCC1=O. The zero-order chi connectivity index (χ0) is 18.7. The number of rotatable bonds is 6. The van der Waals surface area contributed by atoms with E-state index in [1.54, 1.807) is 23.1 Å². The lowest BCUT2D eigenvalue weighted by Crippen LogP contribution is -2.28. The second-order valence-corrected chi connectivity index (χ2v) is 8.53. The van der Waals surface area contributed by atoms with Crippen molar-refractivity contribution in [2.75, 3.05) is 18.0 Å². The van der Waals surface area contributed by atoms with Crippen molar-refractivity contribution in [3.8, 4) is 0 Å².